The van der Waals surface area contributed by atoms with Crippen molar-refractivity contribution in [2.45, 2.75) is 6.42 Å². The predicted molar refractivity (Wildman–Crippen MR) is 37.2 cm³/mol. The van der Waals surface area contributed by atoms with E-state index in [4.69, 9.17) is 23.6 Å². The van der Waals surface area contributed by atoms with E-state index in [0.717, 1.165) is 4.42 Å². The van der Waals surface area contributed by atoms with E-state index in [1.807, 2.05) is 0 Å². The fraction of sp³-hybridized carbons (Fsp3) is 0.500. The van der Waals surface area contributed by atoms with E-state index >= 15 is 0 Å². The minimum atomic E-state index is -0.570. The van der Waals surface area contributed by atoms with Crippen LogP contribution in [-0.4, -0.2) is 23.3 Å². The lowest BCUT2D eigenvalue weighted by Gasteiger charge is -2.03. The highest BCUT2D eigenvalue weighted by atomic mass is 35.5. The number of carbonyl (C=O) groups excluding carboxylic acids is 2. The molecule has 0 spiro atoms. The van der Waals surface area contributed by atoms with Crippen LogP contribution in [0.25, 0.3) is 0 Å². The van der Waals surface area contributed by atoms with Gasteiger partial charge in [-0.1, -0.05) is 0 Å². The summed E-state index contributed by atoms with van der Waals surface area (Å²) >= 11 is 10.1. The highest BCUT2D eigenvalue weighted by molar-refractivity contribution is 6.26. The van der Waals surface area contributed by atoms with E-state index < -0.39 is 11.8 Å². The average molecular weight is 185 g/mol. The molecular formula is C4H6Cl2N2O2. The minimum Gasteiger partial charge on any atom is -0.273 e. The van der Waals surface area contributed by atoms with Crippen molar-refractivity contribution < 1.29 is 9.59 Å². The van der Waals surface area contributed by atoms with Gasteiger partial charge in [-0.25, -0.2) is 0 Å². The molecule has 0 fully saturated rings. The molecule has 0 aromatic rings. The van der Waals surface area contributed by atoms with Gasteiger partial charge in [-0.3, -0.25) is 18.8 Å². The summed E-state index contributed by atoms with van der Waals surface area (Å²) in [7, 11) is 1.34. The average Bonchev–Trinajstić information content (AvgIpc) is 1.87. The number of carbonyl (C=O) groups is 2. The molecule has 0 aliphatic carbocycles. The Balaban J connectivity index is 3.69. The Kier molecular flexibility index (Phi) is 4.14. The number of rotatable bonds is 2. The van der Waals surface area contributed by atoms with E-state index in [2.05, 4.69) is 0 Å². The first-order valence-corrected chi connectivity index (χ1v) is 3.11. The molecule has 0 aliphatic rings. The van der Waals surface area contributed by atoms with E-state index in [0.29, 0.717) is 0 Å². The van der Waals surface area contributed by atoms with Gasteiger partial charge in [0.25, 0.3) is 0 Å². The van der Waals surface area contributed by atoms with Gasteiger partial charge in [-0.15, -0.1) is 0 Å². The maximum atomic E-state index is 10.6. The van der Waals surface area contributed by atoms with Crippen LogP contribution in [0.3, 0.4) is 0 Å². The Labute approximate surface area is 68.3 Å². The maximum absolute atomic E-state index is 10.6. The second-order valence-corrected chi connectivity index (χ2v) is 2.26. The lowest BCUT2D eigenvalue weighted by atomic mass is 10.4. The molecule has 0 aliphatic heterocycles. The largest absolute Gasteiger partial charge is 0.273 e. The van der Waals surface area contributed by atoms with Crippen molar-refractivity contribution in [1.82, 2.24) is 9.25 Å². The lowest BCUT2D eigenvalue weighted by Crippen LogP contribution is -2.24. The number of halogens is 2. The number of amides is 2. The highest BCUT2D eigenvalue weighted by Gasteiger charge is 2.10. The van der Waals surface area contributed by atoms with Crippen LogP contribution >= 0.6 is 23.6 Å². The summed E-state index contributed by atoms with van der Waals surface area (Å²) in [6.07, 6.45) is -0.330. The van der Waals surface area contributed by atoms with Gasteiger partial charge < -0.3 is 0 Å². The highest BCUT2D eigenvalue weighted by Crippen LogP contribution is 1.93. The molecule has 58 valence electrons. The zero-order chi connectivity index (χ0) is 8.15. The summed E-state index contributed by atoms with van der Waals surface area (Å²) in [4.78, 5) is 22.7. The maximum Gasteiger partial charge on any atom is 0.246 e. The Bertz CT molecular complexity index is 148. The van der Waals surface area contributed by atoms with Gasteiger partial charge in [0, 0.05) is 30.6 Å². The molecule has 0 saturated heterocycles. The van der Waals surface area contributed by atoms with Crippen LogP contribution in [0.2, 0.25) is 0 Å². The van der Waals surface area contributed by atoms with E-state index in [9.17, 15) is 9.59 Å². The topological polar surface area (TPSA) is 49.4 Å². The van der Waals surface area contributed by atoms with E-state index in [1.54, 1.807) is 4.84 Å². The number of nitrogens with one attached hydrogen (secondary N) is 1. The lowest BCUT2D eigenvalue weighted by molar-refractivity contribution is -0.131. The van der Waals surface area contributed by atoms with Crippen molar-refractivity contribution in [3.63, 3.8) is 0 Å². The number of hydrogen-bond donors (Lipinski definition) is 1. The van der Waals surface area contributed by atoms with Crippen molar-refractivity contribution in [1.29, 1.82) is 0 Å². The summed E-state index contributed by atoms with van der Waals surface area (Å²) in [5.41, 5.74) is 0. The second-order valence-electron chi connectivity index (χ2n) is 1.57. The third-order valence-corrected chi connectivity index (χ3v) is 1.16. The molecule has 0 bridgehead atoms. The summed E-state index contributed by atoms with van der Waals surface area (Å²) in [5.74, 6) is -1.07. The van der Waals surface area contributed by atoms with Gasteiger partial charge in [-0.2, -0.15) is 0 Å². The van der Waals surface area contributed by atoms with Gasteiger partial charge in [0.1, 0.15) is 6.42 Å². The quantitative estimate of drug-likeness (QED) is 0.495. The molecule has 0 aromatic carbocycles. The molecule has 0 aromatic heterocycles. The van der Waals surface area contributed by atoms with Crippen molar-refractivity contribution in [3.8, 4) is 0 Å². The number of hydrogen-bond acceptors (Lipinski definition) is 2. The van der Waals surface area contributed by atoms with Crippen molar-refractivity contribution in [2.75, 3.05) is 7.05 Å². The van der Waals surface area contributed by atoms with Gasteiger partial charge in [0.15, 0.2) is 0 Å². The minimum absolute atomic E-state index is 0.330. The fourth-order valence-electron chi connectivity index (χ4n) is 0.280. The molecule has 0 saturated carbocycles. The third-order valence-electron chi connectivity index (χ3n) is 0.761. The van der Waals surface area contributed by atoms with E-state index in [-0.39, 0.29) is 6.42 Å². The van der Waals surface area contributed by atoms with Crippen molar-refractivity contribution >= 4 is 35.4 Å². The van der Waals surface area contributed by atoms with Gasteiger partial charge in [-0.05, 0) is 0 Å². The monoisotopic (exact) mass is 184 g/mol. The predicted octanol–water partition coefficient (Wildman–Crippen LogP) is 0.259. The van der Waals surface area contributed by atoms with Crippen LogP contribution in [0, 0.1) is 0 Å². The SMILES string of the molecule is CN(Cl)C(=O)CC(=O)NCl. The first-order valence-electron chi connectivity index (χ1n) is 2.39. The summed E-state index contributed by atoms with van der Waals surface area (Å²) in [5, 5.41) is 0. The van der Waals surface area contributed by atoms with Crippen LogP contribution in [0.15, 0.2) is 0 Å². The molecule has 0 unspecified atom stereocenters. The van der Waals surface area contributed by atoms with Crippen molar-refractivity contribution in [3.05, 3.63) is 0 Å². The normalized spacial score (nSPS) is 8.70. The second kappa shape index (κ2) is 4.35. The molecule has 0 heterocycles. The Morgan fingerprint density at radius 2 is 2.10 bits per heavy atom. The van der Waals surface area contributed by atoms with Gasteiger partial charge >= 0.3 is 0 Å². The van der Waals surface area contributed by atoms with E-state index in [1.165, 1.54) is 7.05 Å². The first-order chi connectivity index (χ1) is 4.57. The summed E-state index contributed by atoms with van der Waals surface area (Å²) in [6.45, 7) is 0. The van der Waals surface area contributed by atoms with Crippen LogP contribution < -0.4 is 4.84 Å². The zero-order valence-corrected chi connectivity index (χ0v) is 6.74. The molecule has 0 radical (unpaired) electrons. The van der Waals surface area contributed by atoms with Crippen LogP contribution in [-0.2, 0) is 9.59 Å². The summed E-state index contributed by atoms with van der Waals surface area (Å²) in [6, 6.07) is 0. The Morgan fingerprint density at radius 3 is 2.40 bits per heavy atom. The smallest absolute Gasteiger partial charge is 0.246 e. The molecule has 6 heteroatoms. The molecular weight excluding hydrogens is 179 g/mol. The fourth-order valence-corrected chi connectivity index (χ4v) is 0.406. The van der Waals surface area contributed by atoms with Gasteiger partial charge in [0.2, 0.25) is 11.8 Å². The molecule has 10 heavy (non-hydrogen) atoms. The Hall–Kier alpha value is -0.480. The van der Waals surface area contributed by atoms with Crippen LogP contribution in [0.1, 0.15) is 6.42 Å². The summed E-state index contributed by atoms with van der Waals surface area (Å²) < 4.78 is 0.798. The van der Waals surface area contributed by atoms with Crippen LogP contribution in [0.4, 0.5) is 0 Å². The first kappa shape index (κ1) is 9.52. The van der Waals surface area contributed by atoms with Crippen LogP contribution in [0.5, 0.6) is 0 Å². The third kappa shape index (κ3) is 3.53. The molecule has 0 atom stereocenters. The number of nitrogens with zero attached hydrogens (tertiary/aromatic N) is 1. The Morgan fingerprint density at radius 1 is 1.60 bits per heavy atom. The standard InChI is InChI=1S/C4H6Cl2N2O2/c1-8(6)4(10)2-3(9)7-5/h2H2,1H3,(H,7,9). The van der Waals surface area contributed by atoms with Gasteiger partial charge in [0.05, 0.1) is 0 Å². The molecule has 1 N–H and O–H groups in total. The zero-order valence-electron chi connectivity index (χ0n) is 5.23. The molecule has 4 nitrogen and oxygen atoms in total. The molecule has 0 rings (SSSR count). The van der Waals surface area contributed by atoms with Crippen molar-refractivity contribution in [2.24, 2.45) is 0 Å². The molecule has 2 amide bonds.